The molecule has 0 radical (unpaired) electrons. The van der Waals surface area contributed by atoms with Gasteiger partial charge in [-0.25, -0.2) is 4.98 Å². The standard InChI is InChI=1S/C13H16BrN3/c1-2-7-15-13-16-8-9-17(13)10-11-3-5-12(14)6-4-11/h3-6,8-9H,2,7,10H2,1H3,(H,15,16). The van der Waals surface area contributed by atoms with Crippen molar-refractivity contribution in [2.75, 3.05) is 11.9 Å². The number of nitrogens with zero attached hydrogens (tertiary/aromatic N) is 2. The molecule has 3 nitrogen and oxygen atoms in total. The van der Waals surface area contributed by atoms with Crippen LogP contribution in [0.15, 0.2) is 41.1 Å². The van der Waals surface area contributed by atoms with Crippen LogP contribution in [0.25, 0.3) is 0 Å². The molecule has 0 aliphatic heterocycles. The van der Waals surface area contributed by atoms with E-state index >= 15 is 0 Å². The second-order valence-electron chi connectivity index (χ2n) is 3.93. The van der Waals surface area contributed by atoms with E-state index in [0.29, 0.717) is 0 Å². The molecular weight excluding hydrogens is 278 g/mol. The molecule has 0 aliphatic carbocycles. The number of aromatic nitrogens is 2. The van der Waals surface area contributed by atoms with Crippen molar-refractivity contribution >= 4 is 21.9 Å². The van der Waals surface area contributed by atoms with Crippen molar-refractivity contribution in [1.82, 2.24) is 9.55 Å². The molecule has 0 unspecified atom stereocenters. The minimum atomic E-state index is 0.847. The average Bonchev–Trinajstić information content (AvgIpc) is 2.77. The summed E-state index contributed by atoms with van der Waals surface area (Å²) in [6.45, 7) is 3.95. The maximum atomic E-state index is 4.31. The molecule has 0 fully saturated rings. The first-order valence-electron chi connectivity index (χ1n) is 5.79. The molecule has 0 saturated heterocycles. The Morgan fingerprint density at radius 1 is 1.29 bits per heavy atom. The quantitative estimate of drug-likeness (QED) is 0.914. The summed E-state index contributed by atoms with van der Waals surface area (Å²) >= 11 is 3.44. The predicted molar refractivity (Wildman–Crippen MR) is 74.3 cm³/mol. The van der Waals surface area contributed by atoms with Gasteiger partial charge in [0.2, 0.25) is 5.95 Å². The van der Waals surface area contributed by atoms with E-state index in [1.165, 1.54) is 5.56 Å². The van der Waals surface area contributed by atoms with E-state index in [-0.39, 0.29) is 0 Å². The number of halogens is 1. The Morgan fingerprint density at radius 3 is 2.76 bits per heavy atom. The summed E-state index contributed by atoms with van der Waals surface area (Å²) < 4.78 is 3.23. The predicted octanol–water partition coefficient (Wildman–Crippen LogP) is 3.52. The highest BCUT2D eigenvalue weighted by atomic mass is 79.9. The van der Waals surface area contributed by atoms with Crippen LogP contribution in [-0.4, -0.2) is 16.1 Å². The van der Waals surface area contributed by atoms with E-state index in [1.807, 2.05) is 12.4 Å². The Balaban J connectivity index is 2.07. The third-order valence-electron chi connectivity index (χ3n) is 2.51. The van der Waals surface area contributed by atoms with Crippen LogP contribution < -0.4 is 5.32 Å². The van der Waals surface area contributed by atoms with Crippen molar-refractivity contribution in [3.8, 4) is 0 Å². The lowest BCUT2D eigenvalue weighted by molar-refractivity contribution is 0.793. The van der Waals surface area contributed by atoms with Crippen molar-refractivity contribution in [3.05, 3.63) is 46.7 Å². The summed E-state index contributed by atoms with van der Waals surface area (Å²) in [6, 6.07) is 8.36. The highest BCUT2D eigenvalue weighted by molar-refractivity contribution is 9.10. The third-order valence-corrected chi connectivity index (χ3v) is 3.04. The van der Waals surface area contributed by atoms with Crippen LogP contribution in [0.5, 0.6) is 0 Å². The van der Waals surface area contributed by atoms with Gasteiger partial charge in [-0.2, -0.15) is 0 Å². The molecule has 17 heavy (non-hydrogen) atoms. The molecular formula is C13H16BrN3. The molecule has 4 heteroatoms. The normalized spacial score (nSPS) is 10.5. The molecule has 1 aromatic carbocycles. The number of nitrogens with one attached hydrogen (secondary N) is 1. The van der Waals surface area contributed by atoms with Crippen LogP contribution in [0.1, 0.15) is 18.9 Å². The van der Waals surface area contributed by atoms with Crippen LogP contribution >= 0.6 is 15.9 Å². The molecule has 2 rings (SSSR count). The minimum absolute atomic E-state index is 0.847. The van der Waals surface area contributed by atoms with Gasteiger partial charge in [0, 0.05) is 23.4 Å². The van der Waals surface area contributed by atoms with Crippen LogP contribution in [-0.2, 0) is 6.54 Å². The Bertz CT molecular complexity index is 462. The first-order chi connectivity index (χ1) is 8.29. The van der Waals surface area contributed by atoms with E-state index in [2.05, 4.69) is 62.0 Å². The summed E-state index contributed by atoms with van der Waals surface area (Å²) in [4.78, 5) is 4.31. The summed E-state index contributed by atoms with van der Waals surface area (Å²) in [5.41, 5.74) is 1.27. The van der Waals surface area contributed by atoms with Gasteiger partial charge >= 0.3 is 0 Å². The maximum Gasteiger partial charge on any atom is 0.203 e. The molecule has 1 aromatic heterocycles. The van der Waals surface area contributed by atoms with Crippen LogP contribution in [0, 0.1) is 0 Å². The Hall–Kier alpha value is -1.29. The third kappa shape index (κ3) is 3.33. The number of imidazole rings is 1. The zero-order valence-corrected chi connectivity index (χ0v) is 11.4. The van der Waals surface area contributed by atoms with Crippen LogP contribution in [0.4, 0.5) is 5.95 Å². The zero-order chi connectivity index (χ0) is 12.1. The molecule has 0 spiro atoms. The number of benzene rings is 1. The lowest BCUT2D eigenvalue weighted by atomic mass is 10.2. The molecule has 0 amide bonds. The smallest absolute Gasteiger partial charge is 0.203 e. The van der Waals surface area contributed by atoms with E-state index < -0.39 is 0 Å². The van der Waals surface area contributed by atoms with Crippen molar-refractivity contribution in [1.29, 1.82) is 0 Å². The summed E-state index contributed by atoms with van der Waals surface area (Å²) in [5, 5.41) is 3.32. The molecule has 0 saturated carbocycles. The van der Waals surface area contributed by atoms with E-state index in [0.717, 1.165) is 29.9 Å². The van der Waals surface area contributed by atoms with Crippen LogP contribution in [0.3, 0.4) is 0 Å². The first kappa shape index (κ1) is 12.2. The molecule has 1 N–H and O–H groups in total. The SMILES string of the molecule is CCCNc1nccn1Cc1ccc(Br)cc1. The Kier molecular flexibility index (Phi) is 4.20. The molecule has 90 valence electrons. The number of rotatable bonds is 5. The van der Waals surface area contributed by atoms with E-state index in [9.17, 15) is 0 Å². The van der Waals surface area contributed by atoms with Crippen molar-refractivity contribution in [2.45, 2.75) is 19.9 Å². The van der Waals surface area contributed by atoms with Gasteiger partial charge in [0.15, 0.2) is 0 Å². The molecule has 0 atom stereocenters. The number of hydrogen-bond acceptors (Lipinski definition) is 2. The van der Waals surface area contributed by atoms with E-state index in [4.69, 9.17) is 0 Å². The minimum Gasteiger partial charge on any atom is -0.356 e. The highest BCUT2D eigenvalue weighted by Crippen LogP contribution is 2.13. The number of anilines is 1. The summed E-state index contributed by atoms with van der Waals surface area (Å²) in [7, 11) is 0. The van der Waals surface area contributed by atoms with Gasteiger partial charge in [0.25, 0.3) is 0 Å². The van der Waals surface area contributed by atoms with E-state index in [1.54, 1.807) is 0 Å². The average molecular weight is 294 g/mol. The molecule has 0 aliphatic rings. The molecule has 0 bridgehead atoms. The molecule has 2 aromatic rings. The maximum absolute atomic E-state index is 4.31. The van der Waals surface area contributed by atoms with Gasteiger partial charge in [-0.3, -0.25) is 0 Å². The second kappa shape index (κ2) is 5.87. The van der Waals surface area contributed by atoms with Crippen LogP contribution in [0.2, 0.25) is 0 Å². The zero-order valence-electron chi connectivity index (χ0n) is 9.86. The van der Waals surface area contributed by atoms with Crippen molar-refractivity contribution in [3.63, 3.8) is 0 Å². The van der Waals surface area contributed by atoms with Crippen molar-refractivity contribution < 1.29 is 0 Å². The van der Waals surface area contributed by atoms with Gasteiger partial charge in [-0.1, -0.05) is 35.0 Å². The number of hydrogen-bond donors (Lipinski definition) is 1. The lowest BCUT2D eigenvalue weighted by Crippen LogP contribution is -2.08. The lowest BCUT2D eigenvalue weighted by Gasteiger charge is -2.09. The van der Waals surface area contributed by atoms with Gasteiger partial charge in [0.1, 0.15) is 0 Å². The van der Waals surface area contributed by atoms with Gasteiger partial charge in [-0.15, -0.1) is 0 Å². The monoisotopic (exact) mass is 293 g/mol. The largest absolute Gasteiger partial charge is 0.356 e. The summed E-state index contributed by atoms with van der Waals surface area (Å²) in [6.07, 6.45) is 4.93. The van der Waals surface area contributed by atoms with Gasteiger partial charge in [-0.05, 0) is 24.1 Å². The second-order valence-corrected chi connectivity index (χ2v) is 4.85. The fourth-order valence-electron chi connectivity index (χ4n) is 1.63. The molecule has 1 heterocycles. The van der Waals surface area contributed by atoms with Gasteiger partial charge < -0.3 is 9.88 Å². The fourth-order valence-corrected chi connectivity index (χ4v) is 1.89. The highest BCUT2D eigenvalue weighted by Gasteiger charge is 2.02. The topological polar surface area (TPSA) is 29.9 Å². The summed E-state index contributed by atoms with van der Waals surface area (Å²) in [5.74, 6) is 0.940. The Labute approximate surface area is 110 Å². The Morgan fingerprint density at radius 2 is 2.06 bits per heavy atom. The first-order valence-corrected chi connectivity index (χ1v) is 6.58. The van der Waals surface area contributed by atoms with Crippen molar-refractivity contribution in [2.24, 2.45) is 0 Å². The van der Waals surface area contributed by atoms with Gasteiger partial charge in [0.05, 0.1) is 6.54 Å². The fraction of sp³-hybridized carbons (Fsp3) is 0.308.